The zero-order chi connectivity index (χ0) is 13.9. The van der Waals surface area contributed by atoms with Crippen molar-refractivity contribution in [2.75, 3.05) is 7.11 Å². The molecule has 2 atom stereocenters. The van der Waals surface area contributed by atoms with Crippen LogP contribution in [0.5, 0.6) is 0 Å². The van der Waals surface area contributed by atoms with Gasteiger partial charge >= 0.3 is 11.9 Å². The highest BCUT2D eigenvalue weighted by Gasteiger charge is 2.46. The van der Waals surface area contributed by atoms with Gasteiger partial charge < -0.3 is 14.2 Å². The van der Waals surface area contributed by atoms with Crippen LogP contribution in [0, 0.1) is 0 Å². The van der Waals surface area contributed by atoms with Gasteiger partial charge in [0, 0.05) is 21.0 Å². The number of ether oxygens (including phenoxy) is 3. The Kier molecular flexibility index (Phi) is 4.92. The van der Waals surface area contributed by atoms with Gasteiger partial charge in [0.1, 0.15) is 6.10 Å². The van der Waals surface area contributed by atoms with Gasteiger partial charge in [-0.1, -0.05) is 13.3 Å². The van der Waals surface area contributed by atoms with Gasteiger partial charge in [-0.25, -0.2) is 4.79 Å². The number of methoxy groups -OCH3 is 1. The molecule has 0 aromatic heterocycles. The largest absolute Gasteiger partial charge is 0.457 e. The fourth-order valence-corrected chi connectivity index (χ4v) is 2.40. The summed E-state index contributed by atoms with van der Waals surface area (Å²) in [6, 6.07) is 0. The minimum Gasteiger partial charge on any atom is -0.457 e. The monoisotopic (exact) mass is 320 g/mol. The van der Waals surface area contributed by atoms with Crippen molar-refractivity contribution in [2.24, 2.45) is 0 Å². The lowest BCUT2D eigenvalue weighted by Gasteiger charge is -2.21. The maximum atomic E-state index is 11.9. The third kappa shape index (κ3) is 2.92. The van der Waals surface area contributed by atoms with Gasteiger partial charge in [0.2, 0.25) is 5.79 Å². The molecular weight excluding hydrogens is 304 g/mol. The number of rotatable bonds is 5. The maximum Gasteiger partial charge on any atom is 0.341 e. The third-order valence-electron chi connectivity index (χ3n) is 2.71. The van der Waals surface area contributed by atoms with Crippen LogP contribution < -0.4 is 0 Å². The summed E-state index contributed by atoms with van der Waals surface area (Å²) in [7, 11) is 1.44. The predicted molar refractivity (Wildman–Crippen MR) is 67.9 cm³/mol. The minimum atomic E-state index is -1.14. The van der Waals surface area contributed by atoms with Crippen LogP contribution in [0.15, 0.2) is 10.1 Å². The molecule has 0 N–H and O–H groups in total. The zero-order valence-corrected chi connectivity index (χ0v) is 12.5. The number of hydrogen-bond donors (Lipinski definition) is 0. The predicted octanol–water partition coefficient (Wildman–Crippen LogP) is 2.29. The molecule has 5 nitrogen and oxygen atoms in total. The summed E-state index contributed by atoms with van der Waals surface area (Å²) in [6.07, 6.45) is 0.726. The number of carbonyl (C=O) groups excluding carboxylic acids is 2. The minimum absolute atomic E-state index is 0.316. The Labute approximate surface area is 115 Å². The Hall–Kier alpha value is -0.880. The van der Waals surface area contributed by atoms with E-state index in [9.17, 15) is 9.59 Å². The number of esters is 2. The molecule has 0 spiro atoms. The van der Waals surface area contributed by atoms with Gasteiger partial charge in [0.05, 0.1) is 10.1 Å². The fraction of sp³-hybridized carbons (Fsp3) is 0.667. The summed E-state index contributed by atoms with van der Waals surface area (Å²) in [5.74, 6) is -2.09. The second-order valence-electron chi connectivity index (χ2n) is 4.15. The first-order valence-corrected chi connectivity index (χ1v) is 6.50. The van der Waals surface area contributed by atoms with E-state index in [0.717, 1.165) is 6.42 Å². The lowest BCUT2D eigenvalue weighted by atomic mass is 10.0. The molecule has 1 rings (SSSR count). The lowest BCUT2D eigenvalue weighted by molar-refractivity contribution is -0.183. The zero-order valence-electron chi connectivity index (χ0n) is 10.9. The van der Waals surface area contributed by atoms with E-state index < -0.39 is 23.8 Å². The molecule has 0 fully saturated rings. The molecular formula is C12H17BrO5. The summed E-state index contributed by atoms with van der Waals surface area (Å²) in [6.45, 7) is 4.88. The van der Waals surface area contributed by atoms with Crippen LogP contribution >= 0.6 is 15.9 Å². The molecule has 6 heteroatoms. The molecule has 0 saturated heterocycles. The van der Waals surface area contributed by atoms with Gasteiger partial charge in [-0.05, 0) is 22.4 Å². The third-order valence-corrected chi connectivity index (χ3v) is 3.86. The SMILES string of the molecule is CCCC(OC(C)=O)C1=C(Br)[C@@](C)(OC)OC1=O. The topological polar surface area (TPSA) is 61.8 Å². The van der Waals surface area contributed by atoms with Crippen LogP contribution in [-0.2, 0) is 23.8 Å². The van der Waals surface area contributed by atoms with E-state index in [-0.39, 0.29) is 0 Å². The summed E-state index contributed by atoms with van der Waals surface area (Å²) in [5.41, 5.74) is 0.316. The number of halogens is 1. The molecule has 0 bridgehead atoms. The van der Waals surface area contributed by atoms with Crippen molar-refractivity contribution in [1.29, 1.82) is 0 Å². The van der Waals surface area contributed by atoms with E-state index in [2.05, 4.69) is 15.9 Å². The smallest absolute Gasteiger partial charge is 0.341 e. The van der Waals surface area contributed by atoms with Crippen molar-refractivity contribution < 1.29 is 23.8 Å². The van der Waals surface area contributed by atoms with Crippen molar-refractivity contribution >= 4 is 27.9 Å². The van der Waals surface area contributed by atoms with Gasteiger partial charge in [0.15, 0.2) is 0 Å². The molecule has 1 heterocycles. The first-order chi connectivity index (χ1) is 8.35. The van der Waals surface area contributed by atoms with Gasteiger partial charge in [-0.3, -0.25) is 4.79 Å². The Morgan fingerprint density at radius 1 is 1.56 bits per heavy atom. The van der Waals surface area contributed by atoms with Crippen molar-refractivity contribution in [3.63, 3.8) is 0 Å². The van der Waals surface area contributed by atoms with E-state index in [1.54, 1.807) is 6.92 Å². The van der Waals surface area contributed by atoms with E-state index in [1.165, 1.54) is 14.0 Å². The highest BCUT2D eigenvalue weighted by atomic mass is 79.9. The van der Waals surface area contributed by atoms with Crippen molar-refractivity contribution in [3.8, 4) is 0 Å². The number of cyclic esters (lactones) is 1. The standard InChI is InChI=1S/C12H17BrO5/c1-5-6-8(17-7(2)14)9-10(13)12(3,16-4)18-11(9)15/h8H,5-6H2,1-4H3/t8?,12-/m0/s1. The molecule has 1 aliphatic rings. The molecule has 0 saturated carbocycles. The van der Waals surface area contributed by atoms with Gasteiger partial charge in [-0.2, -0.15) is 0 Å². The van der Waals surface area contributed by atoms with E-state index >= 15 is 0 Å². The quantitative estimate of drug-likeness (QED) is 0.727. The second-order valence-corrected chi connectivity index (χ2v) is 4.95. The molecule has 0 aromatic carbocycles. The lowest BCUT2D eigenvalue weighted by Crippen LogP contribution is -2.28. The molecule has 0 aromatic rings. The highest BCUT2D eigenvalue weighted by molar-refractivity contribution is 9.11. The van der Waals surface area contributed by atoms with Crippen LogP contribution in [0.2, 0.25) is 0 Å². The number of hydrogen-bond acceptors (Lipinski definition) is 5. The van der Waals surface area contributed by atoms with Crippen molar-refractivity contribution in [3.05, 3.63) is 10.1 Å². The summed E-state index contributed by atoms with van der Waals surface area (Å²) in [5, 5.41) is 0. The van der Waals surface area contributed by atoms with Gasteiger partial charge in [0.25, 0.3) is 0 Å². The molecule has 0 amide bonds. The summed E-state index contributed by atoms with van der Waals surface area (Å²) >= 11 is 3.31. The van der Waals surface area contributed by atoms with Crippen LogP contribution in [0.25, 0.3) is 0 Å². The Balaban J connectivity index is 3.09. The van der Waals surface area contributed by atoms with Crippen LogP contribution in [0.4, 0.5) is 0 Å². The molecule has 1 unspecified atom stereocenters. The Morgan fingerprint density at radius 2 is 2.17 bits per heavy atom. The van der Waals surface area contributed by atoms with E-state index in [4.69, 9.17) is 14.2 Å². The Bertz CT molecular complexity index is 390. The van der Waals surface area contributed by atoms with Crippen molar-refractivity contribution in [2.45, 2.75) is 45.5 Å². The first-order valence-electron chi connectivity index (χ1n) is 5.71. The van der Waals surface area contributed by atoms with Crippen LogP contribution in [0.1, 0.15) is 33.6 Å². The van der Waals surface area contributed by atoms with Crippen LogP contribution in [0.3, 0.4) is 0 Å². The summed E-state index contributed by atoms with van der Waals surface area (Å²) in [4.78, 5) is 23.0. The highest BCUT2D eigenvalue weighted by Crippen LogP contribution is 2.40. The fourth-order valence-electron chi connectivity index (χ4n) is 1.74. The molecule has 18 heavy (non-hydrogen) atoms. The maximum absolute atomic E-state index is 11.9. The molecule has 102 valence electrons. The van der Waals surface area contributed by atoms with E-state index in [1.807, 2.05) is 6.92 Å². The van der Waals surface area contributed by atoms with Crippen molar-refractivity contribution in [1.82, 2.24) is 0 Å². The van der Waals surface area contributed by atoms with Crippen LogP contribution in [-0.4, -0.2) is 30.9 Å². The number of carbonyl (C=O) groups is 2. The van der Waals surface area contributed by atoms with E-state index in [0.29, 0.717) is 16.5 Å². The second kappa shape index (κ2) is 5.84. The normalized spacial score (nSPS) is 25.1. The average molecular weight is 321 g/mol. The summed E-state index contributed by atoms with van der Waals surface area (Å²) < 4.78 is 16.0. The first kappa shape index (κ1) is 15.2. The molecule has 0 radical (unpaired) electrons. The molecule has 0 aliphatic carbocycles. The molecule has 1 aliphatic heterocycles. The Morgan fingerprint density at radius 3 is 2.56 bits per heavy atom. The average Bonchev–Trinajstić information content (AvgIpc) is 2.49. The van der Waals surface area contributed by atoms with Gasteiger partial charge in [-0.15, -0.1) is 0 Å².